The van der Waals surface area contributed by atoms with Crippen molar-refractivity contribution in [2.24, 2.45) is 5.92 Å². The number of piperidine rings is 1. The van der Waals surface area contributed by atoms with Crippen molar-refractivity contribution in [1.29, 1.82) is 0 Å². The third-order valence-electron chi connectivity index (χ3n) is 4.05. The number of hydrogen-bond donors (Lipinski definition) is 4. The van der Waals surface area contributed by atoms with Crippen LogP contribution in [0, 0.1) is 5.92 Å². The molecule has 2 heterocycles. The molecule has 10 N–H and O–H groups in total. The second kappa shape index (κ2) is 24.8. The molecule has 0 aliphatic carbocycles. The van der Waals surface area contributed by atoms with Gasteiger partial charge in [-0.2, -0.15) is 6.20 Å². The van der Waals surface area contributed by atoms with Gasteiger partial charge in [-0.25, -0.2) is 0 Å². The predicted molar refractivity (Wildman–Crippen MR) is 105 cm³/mol. The van der Waals surface area contributed by atoms with Gasteiger partial charge in [0.2, 0.25) is 0 Å². The van der Waals surface area contributed by atoms with Gasteiger partial charge in [0.05, 0.1) is 0 Å². The normalized spacial score (nSPS) is 13.9. The van der Waals surface area contributed by atoms with Crippen molar-refractivity contribution in [3.05, 3.63) is 76.1 Å². The van der Waals surface area contributed by atoms with Crippen LogP contribution in [-0.2, 0) is 66.0 Å². The van der Waals surface area contributed by atoms with E-state index in [1.807, 2.05) is 6.20 Å². The average Bonchev–Trinajstić information content (AvgIpc) is 2.64. The summed E-state index contributed by atoms with van der Waals surface area (Å²) in [5.74, 6) is 0.759. The molecule has 0 radical (unpaired) electrons. The molecule has 3 rings (SSSR count). The van der Waals surface area contributed by atoms with Crippen LogP contribution >= 0.6 is 0 Å². The van der Waals surface area contributed by atoms with Crippen LogP contribution in [0.5, 0.6) is 0 Å². The maximum Gasteiger partial charge on any atom is 2.00 e. The zero-order chi connectivity index (χ0) is 17.4. The maximum absolute atomic E-state index is 8.72. The second-order valence-corrected chi connectivity index (χ2v) is 5.75. The smallest absolute Gasteiger partial charge is 0.693 e. The molecule has 31 heavy (non-hydrogen) atoms. The molecular weight excluding hydrogens is 589 g/mol. The first-order chi connectivity index (χ1) is 11.6. The molecule has 9 nitrogen and oxygen atoms in total. The number of nitrogens with zero attached hydrogens (tertiary/aromatic N) is 2. The van der Waals surface area contributed by atoms with E-state index < -0.39 is 12.6 Å². The van der Waals surface area contributed by atoms with Crippen LogP contribution in [-0.4, -0.2) is 51.0 Å². The summed E-state index contributed by atoms with van der Waals surface area (Å²) >= 11 is 0. The number of benzene rings is 1. The summed E-state index contributed by atoms with van der Waals surface area (Å²) in [7, 11) is 0. The Bertz CT molecular complexity index is 566. The third kappa shape index (κ3) is 16.4. The quantitative estimate of drug-likeness (QED) is 0.292. The Morgan fingerprint density at radius 2 is 1.35 bits per heavy atom. The van der Waals surface area contributed by atoms with Crippen LogP contribution in [0.15, 0.2) is 48.2 Å². The van der Waals surface area contributed by atoms with Gasteiger partial charge in [-0.15, -0.1) is 19.6 Å². The SMILES string of the molecule is C1=CC(C2CC[N-]CC2)=CC[N-]1.O.O.OC(O)c1cccc(C(O)O)c1.[NH2-].[Ni+2].[Ni].[Ni].[Ni]. The van der Waals surface area contributed by atoms with E-state index in [0.717, 1.165) is 25.6 Å². The van der Waals surface area contributed by atoms with Gasteiger partial charge in [-0.1, -0.05) is 48.8 Å². The fourth-order valence-electron chi connectivity index (χ4n) is 2.69. The standard InChI is InChI=1S/C10H14N2.C8H10O4.H2N.4Ni.2H2O/c1-5-11-6-2-9(1)10-3-7-12-8-4-10;9-7(10)5-2-1-3-6(4-5)8(11)12;;;;;;;/h1-2,5,10H,3-4,6-8H2;1-4,7-12H;1H2;;;;;2*1H2/q-2;;-1;;;;+2;;. The van der Waals surface area contributed by atoms with Crippen LogP contribution in [0.2, 0.25) is 0 Å². The third-order valence-corrected chi connectivity index (χ3v) is 4.05. The van der Waals surface area contributed by atoms with E-state index in [1.165, 1.54) is 42.7 Å². The number of nitrogens with two attached hydrogens (primary N) is 1. The molecule has 1 aromatic carbocycles. The molecule has 194 valence electrons. The first-order valence-electron chi connectivity index (χ1n) is 8.06. The number of rotatable bonds is 3. The van der Waals surface area contributed by atoms with Crippen molar-refractivity contribution >= 4 is 0 Å². The van der Waals surface area contributed by atoms with E-state index in [1.54, 1.807) is 0 Å². The Balaban J connectivity index is -0.0000000822. The van der Waals surface area contributed by atoms with Crippen molar-refractivity contribution in [2.75, 3.05) is 19.6 Å². The Kier molecular flexibility index (Phi) is 35.8. The zero-order valence-corrected chi connectivity index (χ0v) is 20.3. The van der Waals surface area contributed by atoms with Crippen LogP contribution in [0.1, 0.15) is 36.5 Å². The van der Waals surface area contributed by atoms with Crippen molar-refractivity contribution in [3.63, 3.8) is 0 Å². The van der Waals surface area contributed by atoms with Gasteiger partial charge in [0.25, 0.3) is 0 Å². The Hall–Kier alpha value is 0.154. The average molecular weight is 619 g/mol. The van der Waals surface area contributed by atoms with Gasteiger partial charge in [0.15, 0.2) is 12.6 Å². The number of hydrogen-bond acceptors (Lipinski definition) is 4. The molecule has 0 aromatic heterocycles. The summed E-state index contributed by atoms with van der Waals surface area (Å²) in [6.07, 6.45) is 5.63. The van der Waals surface area contributed by atoms with E-state index in [9.17, 15) is 0 Å². The Morgan fingerprint density at radius 1 is 0.871 bits per heavy atom. The van der Waals surface area contributed by atoms with Crippen molar-refractivity contribution in [2.45, 2.75) is 25.4 Å². The van der Waals surface area contributed by atoms with E-state index in [0.29, 0.717) is 0 Å². The monoisotopic (exact) mass is 616 g/mol. The molecule has 0 saturated carbocycles. The van der Waals surface area contributed by atoms with Crippen molar-refractivity contribution < 1.29 is 97.3 Å². The van der Waals surface area contributed by atoms with Gasteiger partial charge >= 0.3 is 16.5 Å². The minimum Gasteiger partial charge on any atom is -0.693 e. The Labute approximate surface area is 223 Å². The molecule has 1 aromatic rings. The van der Waals surface area contributed by atoms with Crippen molar-refractivity contribution in [1.82, 2.24) is 0 Å². The van der Waals surface area contributed by atoms with E-state index in [4.69, 9.17) is 20.4 Å². The summed E-state index contributed by atoms with van der Waals surface area (Å²) in [6.45, 7) is 2.97. The van der Waals surface area contributed by atoms with E-state index in [-0.39, 0.29) is 94.2 Å². The fraction of sp³-hybridized carbons (Fsp3) is 0.444. The summed E-state index contributed by atoms with van der Waals surface area (Å²) in [5.41, 5.74) is 1.96. The molecule has 13 heteroatoms. The van der Waals surface area contributed by atoms with Crippen LogP contribution in [0.25, 0.3) is 16.8 Å². The van der Waals surface area contributed by atoms with Crippen LogP contribution in [0.3, 0.4) is 0 Å². The largest absolute Gasteiger partial charge is 2.00 e. The van der Waals surface area contributed by atoms with Crippen LogP contribution < -0.4 is 0 Å². The molecule has 1 fully saturated rings. The topological polar surface area (TPSA) is 206 Å². The molecule has 1 saturated heterocycles. The molecule has 2 aliphatic heterocycles. The van der Waals surface area contributed by atoms with E-state index >= 15 is 0 Å². The second-order valence-electron chi connectivity index (χ2n) is 5.75. The molecule has 2 aliphatic rings. The molecule has 0 atom stereocenters. The van der Waals surface area contributed by atoms with Crippen LogP contribution in [0.4, 0.5) is 0 Å². The number of allylic oxidation sites excluding steroid dienone is 2. The predicted octanol–water partition coefficient (Wildman–Crippen LogP) is 1.31. The minimum absolute atomic E-state index is 0. The van der Waals surface area contributed by atoms with Gasteiger partial charge in [-0.05, 0) is 12.0 Å². The summed E-state index contributed by atoms with van der Waals surface area (Å²) < 4.78 is 0. The molecular formula is C18H30N3Ni4O6-. The molecule has 0 amide bonds. The molecule has 0 unspecified atom stereocenters. The van der Waals surface area contributed by atoms with Gasteiger partial charge in [0, 0.05) is 60.6 Å². The molecule has 0 spiro atoms. The number of aliphatic hydroxyl groups is 4. The minimum atomic E-state index is -1.58. The van der Waals surface area contributed by atoms with Gasteiger partial charge in [0.1, 0.15) is 0 Å². The van der Waals surface area contributed by atoms with Crippen molar-refractivity contribution in [3.8, 4) is 0 Å². The number of aliphatic hydroxyl groups excluding tert-OH is 2. The summed E-state index contributed by atoms with van der Waals surface area (Å²) in [6, 6.07) is 5.80. The molecule has 0 bridgehead atoms. The zero-order valence-electron chi connectivity index (χ0n) is 16.3. The van der Waals surface area contributed by atoms with Gasteiger partial charge in [-0.3, -0.25) is 0 Å². The fourth-order valence-corrected chi connectivity index (χ4v) is 2.69. The van der Waals surface area contributed by atoms with Gasteiger partial charge < -0.3 is 48.2 Å². The maximum atomic E-state index is 8.72. The summed E-state index contributed by atoms with van der Waals surface area (Å²) in [5, 5.41) is 43.4. The Morgan fingerprint density at radius 3 is 1.74 bits per heavy atom. The summed E-state index contributed by atoms with van der Waals surface area (Å²) in [4.78, 5) is 0. The first kappa shape index (κ1) is 44.8. The van der Waals surface area contributed by atoms with E-state index in [2.05, 4.69) is 22.8 Å². The first-order valence-corrected chi connectivity index (χ1v) is 8.06.